The van der Waals surface area contributed by atoms with Crippen molar-refractivity contribution in [1.29, 1.82) is 0 Å². The van der Waals surface area contributed by atoms with Crippen LogP contribution in [0, 0.1) is 6.92 Å². The summed E-state index contributed by atoms with van der Waals surface area (Å²) < 4.78 is 2.01. The van der Waals surface area contributed by atoms with Gasteiger partial charge in [0.2, 0.25) is 0 Å². The number of aryl methyl sites for hydroxylation is 1. The Labute approximate surface area is 122 Å². The summed E-state index contributed by atoms with van der Waals surface area (Å²) in [5.41, 5.74) is 3.33. The van der Waals surface area contributed by atoms with E-state index in [4.69, 9.17) is 11.6 Å². The van der Waals surface area contributed by atoms with Gasteiger partial charge in [0.25, 0.3) is 0 Å². The largest absolute Gasteiger partial charge is 0.235 e. The van der Waals surface area contributed by atoms with Crippen LogP contribution in [0.2, 0.25) is 5.15 Å². The van der Waals surface area contributed by atoms with Crippen LogP contribution in [0.15, 0.2) is 35.1 Å². The number of rotatable bonds is 1. The van der Waals surface area contributed by atoms with E-state index in [0.29, 0.717) is 5.15 Å². The predicted molar refractivity (Wildman–Crippen MR) is 80.3 cm³/mol. The fraction of sp³-hybridized carbons (Fsp3) is 0.0769. The van der Waals surface area contributed by atoms with Crippen LogP contribution in [0.4, 0.5) is 0 Å². The maximum atomic E-state index is 6.08. The minimum absolute atomic E-state index is 0.517. The molecule has 0 aliphatic carbocycles. The predicted octanol–water partition coefficient (Wildman–Crippen LogP) is 5.08. The van der Waals surface area contributed by atoms with Crippen LogP contribution in [0.25, 0.3) is 20.7 Å². The summed E-state index contributed by atoms with van der Waals surface area (Å²) in [4.78, 5) is 9.41. The summed E-state index contributed by atoms with van der Waals surface area (Å²) in [6.07, 6.45) is 1.49. The molecule has 2 nitrogen and oxygen atoms in total. The summed E-state index contributed by atoms with van der Waals surface area (Å²) >= 11 is 11.2. The molecule has 2 aromatic heterocycles. The van der Waals surface area contributed by atoms with E-state index in [9.17, 15) is 0 Å². The Kier molecular flexibility index (Phi) is 3.09. The average Bonchev–Trinajstić information content (AvgIpc) is 2.77. The van der Waals surface area contributed by atoms with Gasteiger partial charge < -0.3 is 0 Å². The second-order valence-electron chi connectivity index (χ2n) is 3.95. The number of aromatic nitrogens is 2. The third-order valence-corrected chi connectivity index (χ3v) is 4.79. The van der Waals surface area contributed by atoms with Crippen molar-refractivity contribution < 1.29 is 0 Å². The van der Waals surface area contributed by atoms with Crippen molar-refractivity contribution >= 4 is 49.1 Å². The number of nitrogens with zero attached hydrogens (tertiary/aromatic N) is 2. The Bertz CT molecular complexity index is 739. The van der Waals surface area contributed by atoms with Crippen molar-refractivity contribution in [3.63, 3.8) is 0 Å². The van der Waals surface area contributed by atoms with Gasteiger partial charge in [-0.25, -0.2) is 9.97 Å². The fourth-order valence-corrected chi connectivity index (χ4v) is 3.51. The van der Waals surface area contributed by atoms with Gasteiger partial charge in [0.05, 0.1) is 10.2 Å². The molecule has 18 heavy (non-hydrogen) atoms. The average molecular weight is 340 g/mol. The highest BCUT2D eigenvalue weighted by atomic mass is 79.9. The molecule has 0 saturated heterocycles. The lowest BCUT2D eigenvalue weighted by Gasteiger charge is -2.03. The highest BCUT2D eigenvalue weighted by Gasteiger charge is 2.10. The zero-order valence-electron chi connectivity index (χ0n) is 9.45. The lowest BCUT2D eigenvalue weighted by Crippen LogP contribution is -1.79. The molecule has 0 aliphatic rings. The maximum absolute atomic E-state index is 6.08. The highest BCUT2D eigenvalue weighted by molar-refractivity contribution is 9.10. The van der Waals surface area contributed by atoms with Gasteiger partial charge in [-0.2, -0.15) is 0 Å². The van der Waals surface area contributed by atoms with Crippen molar-refractivity contribution in [2.75, 3.05) is 0 Å². The summed E-state index contributed by atoms with van der Waals surface area (Å²) in [5, 5.41) is 0.517. The monoisotopic (exact) mass is 338 g/mol. The summed E-state index contributed by atoms with van der Waals surface area (Å²) in [6.45, 7) is 2.10. The third kappa shape index (κ3) is 2.05. The third-order valence-electron chi connectivity index (χ3n) is 2.73. The Morgan fingerprint density at radius 2 is 2.06 bits per heavy atom. The van der Waals surface area contributed by atoms with E-state index in [2.05, 4.69) is 51.0 Å². The van der Waals surface area contributed by atoms with Crippen LogP contribution in [0.3, 0.4) is 0 Å². The van der Waals surface area contributed by atoms with E-state index in [1.165, 1.54) is 17.5 Å². The molecule has 3 aromatic rings. The molecule has 0 N–H and O–H groups in total. The maximum Gasteiger partial charge on any atom is 0.150 e. The Hall–Kier alpha value is -0.970. The van der Waals surface area contributed by atoms with Gasteiger partial charge in [-0.1, -0.05) is 33.6 Å². The van der Waals surface area contributed by atoms with E-state index in [1.807, 2.05) is 6.07 Å². The molecule has 90 valence electrons. The molecule has 0 saturated carbocycles. The van der Waals surface area contributed by atoms with Crippen molar-refractivity contribution in [2.45, 2.75) is 6.92 Å². The highest BCUT2D eigenvalue weighted by Crippen LogP contribution is 2.37. The second kappa shape index (κ2) is 4.61. The van der Waals surface area contributed by atoms with Crippen LogP contribution in [-0.4, -0.2) is 9.97 Å². The van der Waals surface area contributed by atoms with Gasteiger partial charge in [0.15, 0.2) is 0 Å². The van der Waals surface area contributed by atoms with E-state index in [-0.39, 0.29) is 0 Å². The van der Waals surface area contributed by atoms with Gasteiger partial charge in [0, 0.05) is 9.35 Å². The van der Waals surface area contributed by atoms with Crippen LogP contribution in [0.5, 0.6) is 0 Å². The Morgan fingerprint density at radius 1 is 1.22 bits per heavy atom. The Balaban J connectivity index is 2.26. The summed E-state index contributed by atoms with van der Waals surface area (Å²) in [5.74, 6) is 0. The van der Waals surface area contributed by atoms with Crippen molar-refractivity contribution in [3.05, 3.63) is 45.8 Å². The van der Waals surface area contributed by atoms with E-state index >= 15 is 0 Å². The Morgan fingerprint density at radius 3 is 2.83 bits per heavy atom. The molecular weight excluding hydrogens is 332 g/mol. The molecule has 0 fully saturated rings. The number of thiophene rings is 1. The number of fused-ring (bicyclic) bond motifs is 1. The first-order chi connectivity index (χ1) is 8.65. The first-order valence-corrected chi connectivity index (χ1v) is 7.30. The normalized spacial score (nSPS) is 11.1. The van der Waals surface area contributed by atoms with E-state index in [1.54, 1.807) is 11.3 Å². The minimum atomic E-state index is 0.517. The zero-order valence-corrected chi connectivity index (χ0v) is 12.6. The molecule has 0 spiro atoms. The first-order valence-electron chi connectivity index (χ1n) is 5.32. The summed E-state index contributed by atoms with van der Waals surface area (Å²) in [7, 11) is 0. The lowest BCUT2D eigenvalue weighted by atomic mass is 10.1. The molecule has 3 rings (SSSR count). The summed E-state index contributed by atoms with van der Waals surface area (Å²) in [6, 6.07) is 8.31. The van der Waals surface area contributed by atoms with Gasteiger partial charge in [-0.05, 0) is 36.2 Å². The van der Waals surface area contributed by atoms with Crippen molar-refractivity contribution in [2.24, 2.45) is 0 Å². The van der Waals surface area contributed by atoms with Crippen LogP contribution in [-0.2, 0) is 0 Å². The standard InChI is InChI=1S/C13H8BrClN2S/c1-7-2-3-8(14)4-9(7)11-5-10-12(18-11)13(15)17-6-16-10/h2-6H,1H3. The van der Waals surface area contributed by atoms with Gasteiger partial charge in [-0.3, -0.25) is 0 Å². The van der Waals surface area contributed by atoms with E-state index in [0.717, 1.165) is 19.6 Å². The smallest absolute Gasteiger partial charge is 0.150 e. The molecule has 5 heteroatoms. The van der Waals surface area contributed by atoms with Crippen molar-refractivity contribution in [3.8, 4) is 10.4 Å². The number of hydrogen-bond donors (Lipinski definition) is 0. The molecule has 0 unspecified atom stereocenters. The quantitative estimate of drug-likeness (QED) is 0.578. The molecule has 1 aromatic carbocycles. The molecule has 0 amide bonds. The van der Waals surface area contributed by atoms with Gasteiger partial charge in [0.1, 0.15) is 11.5 Å². The lowest BCUT2D eigenvalue weighted by molar-refractivity contribution is 1.23. The molecule has 2 heterocycles. The molecule has 0 radical (unpaired) electrons. The van der Waals surface area contributed by atoms with Gasteiger partial charge in [-0.15, -0.1) is 11.3 Å². The van der Waals surface area contributed by atoms with Crippen LogP contribution >= 0.6 is 38.9 Å². The molecule has 0 bridgehead atoms. The van der Waals surface area contributed by atoms with Crippen LogP contribution in [0.1, 0.15) is 5.56 Å². The number of hydrogen-bond acceptors (Lipinski definition) is 3. The number of benzene rings is 1. The first kappa shape index (κ1) is 12.1. The molecule has 0 aliphatic heterocycles. The minimum Gasteiger partial charge on any atom is -0.235 e. The topological polar surface area (TPSA) is 25.8 Å². The number of halogens is 2. The van der Waals surface area contributed by atoms with Crippen LogP contribution < -0.4 is 0 Å². The second-order valence-corrected chi connectivity index (χ2v) is 6.27. The van der Waals surface area contributed by atoms with Crippen molar-refractivity contribution in [1.82, 2.24) is 9.97 Å². The molecular formula is C13H8BrClN2S. The fourth-order valence-electron chi connectivity index (χ4n) is 1.82. The van der Waals surface area contributed by atoms with E-state index < -0.39 is 0 Å². The van der Waals surface area contributed by atoms with Gasteiger partial charge >= 0.3 is 0 Å². The SMILES string of the molecule is Cc1ccc(Br)cc1-c1cc2ncnc(Cl)c2s1. The molecule has 0 atom stereocenters. The zero-order chi connectivity index (χ0) is 12.7.